The highest BCUT2D eigenvalue weighted by Gasteiger charge is 2.39. The second kappa shape index (κ2) is 8.15. The van der Waals surface area contributed by atoms with E-state index in [4.69, 9.17) is 4.42 Å². The summed E-state index contributed by atoms with van der Waals surface area (Å²) in [5.41, 5.74) is 1.44. The highest BCUT2D eigenvalue weighted by molar-refractivity contribution is 14.1. The minimum atomic E-state index is -1.86. The Hall–Kier alpha value is -1.97. The van der Waals surface area contributed by atoms with E-state index < -0.39 is 11.5 Å². The maximum absolute atomic E-state index is 12.8. The standard InChI is InChI=1S/C19H14BrIN2O3/c20-16-11-15(26-17(16)21)12-22-23-18(24)19(25,13-7-3-1-4-8-13)14-9-5-2-6-10-14/h1-12,25H,(H,23,24)/b22-12-. The summed E-state index contributed by atoms with van der Waals surface area (Å²) in [6.45, 7) is 0. The fourth-order valence-electron chi connectivity index (χ4n) is 2.45. The SMILES string of the molecule is O=C(N/N=C\c1cc(Br)c(I)o1)C(O)(c1ccccc1)c1ccccc1. The predicted octanol–water partition coefficient (Wildman–Crippen LogP) is 4.03. The minimum absolute atomic E-state index is 0.453. The Morgan fingerprint density at radius 2 is 1.65 bits per heavy atom. The number of hydrazone groups is 1. The third kappa shape index (κ3) is 3.89. The zero-order valence-electron chi connectivity index (χ0n) is 13.4. The van der Waals surface area contributed by atoms with E-state index in [9.17, 15) is 9.90 Å². The molecule has 2 aromatic carbocycles. The number of nitrogens with zero attached hydrogens (tertiary/aromatic N) is 1. The van der Waals surface area contributed by atoms with E-state index in [-0.39, 0.29) is 0 Å². The van der Waals surface area contributed by atoms with Gasteiger partial charge in [0.05, 0.1) is 10.7 Å². The summed E-state index contributed by atoms with van der Waals surface area (Å²) in [7, 11) is 0. The van der Waals surface area contributed by atoms with Gasteiger partial charge in [0.15, 0.2) is 9.37 Å². The lowest BCUT2D eigenvalue weighted by Crippen LogP contribution is -2.43. The molecule has 0 aliphatic rings. The number of amides is 1. The molecule has 0 bridgehead atoms. The van der Waals surface area contributed by atoms with Crippen LogP contribution in [0.3, 0.4) is 0 Å². The molecule has 2 N–H and O–H groups in total. The number of aliphatic hydroxyl groups is 1. The molecule has 0 radical (unpaired) electrons. The Morgan fingerprint density at radius 3 is 2.12 bits per heavy atom. The smallest absolute Gasteiger partial charge is 0.281 e. The molecule has 0 unspecified atom stereocenters. The molecule has 0 spiro atoms. The average Bonchev–Trinajstić information content (AvgIpc) is 3.00. The topological polar surface area (TPSA) is 74.8 Å². The van der Waals surface area contributed by atoms with Gasteiger partial charge < -0.3 is 9.52 Å². The van der Waals surface area contributed by atoms with E-state index in [1.54, 1.807) is 54.6 Å². The van der Waals surface area contributed by atoms with Gasteiger partial charge in [0, 0.05) is 28.7 Å². The fourth-order valence-corrected chi connectivity index (χ4v) is 3.17. The molecule has 3 rings (SSSR count). The molecule has 0 atom stereocenters. The van der Waals surface area contributed by atoms with Crippen LogP contribution < -0.4 is 5.43 Å². The summed E-state index contributed by atoms with van der Waals surface area (Å²) in [4.78, 5) is 12.8. The summed E-state index contributed by atoms with van der Waals surface area (Å²) in [6, 6.07) is 19.2. The number of carbonyl (C=O) groups excluding carboxylic acids is 1. The number of nitrogens with one attached hydrogen (secondary N) is 1. The van der Waals surface area contributed by atoms with Gasteiger partial charge in [-0.3, -0.25) is 4.79 Å². The summed E-state index contributed by atoms with van der Waals surface area (Å²) in [5, 5.41) is 15.2. The summed E-state index contributed by atoms with van der Waals surface area (Å²) < 4.78 is 6.91. The number of halogens is 2. The van der Waals surface area contributed by atoms with Crippen molar-refractivity contribution >= 4 is 50.6 Å². The van der Waals surface area contributed by atoms with Crippen molar-refractivity contribution in [3.05, 3.63) is 91.9 Å². The van der Waals surface area contributed by atoms with Crippen molar-refractivity contribution in [1.82, 2.24) is 5.43 Å². The van der Waals surface area contributed by atoms with Gasteiger partial charge in [0.2, 0.25) is 0 Å². The minimum Gasteiger partial charge on any atom is -0.448 e. The van der Waals surface area contributed by atoms with Crippen molar-refractivity contribution in [1.29, 1.82) is 0 Å². The van der Waals surface area contributed by atoms with E-state index in [0.717, 1.165) is 4.47 Å². The van der Waals surface area contributed by atoms with Gasteiger partial charge in [-0.25, -0.2) is 5.43 Å². The van der Waals surface area contributed by atoms with E-state index >= 15 is 0 Å². The lowest BCUT2D eigenvalue weighted by molar-refractivity contribution is -0.136. The van der Waals surface area contributed by atoms with E-state index in [0.29, 0.717) is 20.7 Å². The van der Waals surface area contributed by atoms with Gasteiger partial charge >= 0.3 is 0 Å². The van der Waals surface area contributed by atoms with Crippen molar-refractivity contribution < 1.29 is 14.3 Å². The van der Waals surface area contributed by atoms with Crippen molar-refractivity contribution in [2.75, 3.05) is 0 Å². The highest BCUT2D eigenvalue weighted by atomic mass is 127. The van der Waals surface area contributed by atoms with Gasteiger partial charge in [-0.2, -0.15) is 5.10 Å². The Labute approximate surface area is 172 Å². The molecule has 0 saturated carbocycles. The molecule has 0 saturated heterocycles. The van der Waals surface area contributed by atoms with Crippen LogP contribution in [-0.4, -0.2) is 17.2 Å². The Morgan fingerprint density at radius 1 is 1.12 bits per heavy atom. The molecule has 0 fully saturated rings. The van der Waals surface area contributed by atoms with Crippen LogP contribution in [0.4, 0.5) is 0 Å². The first-order valence-corrected chi connectivity index (χ1v) is 9.50. The van der Waals surface area contributed by atoms with Crippen LogP contribution in [0.25, 0.3) is 0 Å². The van der Waals surface area contributed by atoms with Crippen LogP contribution in [0.5, 0.6) is 0 Å². The zero-order chi connectivity index (χ0) is 18.6. The average molecular weight is 525 g/mol. The van der Waals surface area contributed by atoms with E-state index in [1.807, 2.05) is 34.7 Å². The first kappa shape index (κ1) is 18.8. The molecule has 0 aliphatic carbocycles. The van der Waals surface area contributed by atoms with Crippen molar-refractivity contribution in [3.63, 3.8) is 0 Å². The van der Waals surface area contributed by atoms with E-state index in [2.05, 4.69) is 26.5 Å². The Balaban J connectivity index is 1.88. The number of hydrogen-bond acceptors (Lipinski definition) is 4. The molecule has 0 aliphatic heterocycles. The van der Waals surface area contributed by atoms with Crippen LogP contribution >= 0.6 is 38.5 Å². The summed E-state index contributed by atoms with van der Waals surface area (Å²) in [6.07, 6.45) is 1.38. The first-order chi connectivity index (χ1) is 12.5. The maximum atomic E-state index is 12.8. The zero-order valence-corrected chi connectivity index (χ0v) is 17.1. The van der Waals surface area contributed by atoms with Crippen LogP contribution in [-0.2, 0) is 10.4 Å². The van der Waals surface area contributed by atoms with Crippen molar-refractivity contribution in [2.24, 2.45) is 5.10 Å². The summed E-state index contributed by atoms with van der Waals surface area (Å²) >= 11 is 5.38. The lowest BCUT2D eigenvalue weighted by Gasteiger charge is -2.26. The highest BCUT2D eigenvalue weighted by Crippen LogP contribution is 2.29. The monoisotopic (exact) mass is 524 g/mol. The Kier molecular flexibility index (Phi) is 5.90. The van der Waals surface area contributed by atoms with Gasteiger partial charge in [-0.15, -0.1) is 0 Å². The van der Waals surface area contributed by atoms with Gasteiger partial charge in [-0.1, -0.05) is 60.7 Å². The third-order valence-corrected chi connectivity index (χ3v) is 5.87. The fraction of sp³-hybridized carbons (Fsp3) is 0.0526. The molecule has 5 nitrogen and oxygen atoms in total. The largest absolute Gasteiger partial charge is 0.448 e. The van der Waals surface area contributed by atoms with Gasteiger partial charge in [0.25, 0.3) is 5.91 Å². The van der Waals surface area contributed by atoms with Crippen molar-refractivity contribution in [2.45, 2.75) is 5.60 Å². The number of hydrogen-bond donors (Lipinski definition) is 2. The second-order valence-electron chi connectivity index (χ2n) is 5.41. The van der Waals surface area contributed by atoms with Crippen LogP contribution in [0.1, 0.15) is 16.9 Å². The quantitative estimate of drug-likeness (QED) is 0.300. The normalized spacial score (nSPS) is 11.7. The molecule has 7 heteroatoms. The van der Waals surface area contributed by atoms with Crippen LogP contribution in [0.15, 0.2) is 80.7 Å². The second-order valence-corrected chi connectivity index (χ2v) is 7.25. The molecular formula is C19H14BrIN2O3. The maximum Gasteiger partial charge on any atom is 0.281 e. The first-order valence-electron chi connectivity index (χ1n) is 7.63. The number of rotatable bonds is 5. The molecular weight excluding hydrogens is 511 g/mol. The summed E-state index contributed by atoms with van der Waals surface area (Å²) in [5.74, 6) is -0.184. The van der Waals surface area contributed by atoms with Crippen LogP contribution in [0.2, 0.25) is 0 Å². The molecule has 3 aromatic rings. The molecule has 1 heterocycles. The van der Waals surface area contributed by atoms with E-state index in [1.165, 1.54) is 6.21 Å². The third-order valence-electron chi connectivity index (χ3n) is 3.73. The van der Waals surface area contributed by atoms with Crippen molar-refractivity contribution in [3.8, 4) is 0 Å². The molecule has 1 aromatic heterocycles. The number of furan rings is 1. The van der Waals surface area contributed by atoms with Gasteiger partial charge in [0.1, 0.15) is 5.76 Å². The molecule has 132 valence electrons. The number of carbonyl (C=O) groups is 1. The number of benzene rings is 2. The lowest BCUT2D eigenvalue weighted by atomic mass is 9.85. The molecule has 1 amide bonds. The van der Waals surface area contributed by atoms with Crippen LogP contribution in [0, 0.1) is 3.77 Å². The Bertz CT molecular complexity index is 867. The molecule has 26 heavy (non-hydrogen) atoms. The van der Waals surface area contributed by atoms with Gasteiger partial charge in [-0.05, 0) is 27.1 Å². The predicted molar refractivity (Wildman–Crippen MR) is 111 cm³/mol.